The van der Waals surface area contributed by atoms with Crippen LogP contribution in [0.1, 0.15) is 19.4 Å². The first-order valence-corrected chi connectivity index (χ1v) is 8.92. The summed E-state index contributed by atoms with van der Waals surface area (Å²) in [6.07, 6.45) is 4.02. The van der Waals surface area contributed by atoms with Gasteiger partial charge in [-0.15, -0.1) is 0 Å². The standard InChI is InChI=1S/C22H18O6/c1-22(2)7-6-12-8-13-9-15(21(23)27-17(13)10-18(12)28-22)14-4-5-16-20(19(14)24-3)26-11-25-16/h4-10H,11H2,1-3H3. The lowest BCUT2D eigenvalue weighted by molar-refractivity contribution is 0.159. The van der Waals surface area contributed by atoms with Gasteiger partial charge in [0.25, 0.3) is 0 Å². The molecule has 3 aromatic rings. The Morgan fingerprint density at radius 1 is 1.04 bits per heavy atom. The van der Waals surface area contributed by atoms with Crippen molar-refractivity contribution in [2.75, 3.05) is 13.9 Å². The number of hydrogen-bond acceptors (Lipinski definition) is 6. The predicted molar refractivity (Wildman–Crippen MR) is 104 cm³/mol. The van der Waals surface area contributed by atoms with Crippen molar-refractivity contribution in [1.29, 1.82) is 0 Å². The molecule has 0 spiro atoms. The van der Waals surface area contributed by atoms with Gasteiger partial charge in [-0.05, 0) is 44.2 Å². The number of methoxy groups -OCH3 is 1. The molecule has 0 radical (unpaired) electrons. The summed E-state index contributed by atoms with van der Waals surface area (Å²) >= 11 is 0. The summed E-state index contributed by atoms with van der Waals surface area (Å²) in [4.78, 5) is 12.7. The van der Waals surface area contributed by atoms with E-state index in [2.05, 4.69) is 0 Å². The lowest BCUT2D eigenvalue weighted by Crippen LogP contribution is -2.27. The Labute approximate surface area is 160 Å². The average Bonchev–Trinajstić information content (AvgIpc) is 3.13. The van der Waals surface area contributed by atoms with Crippen LogP contribution in [0.3, 0.4) is 0 Å². The second kappa shape index (κ2) is 5.79. The molecule has 2 aliphatic heterocycles. The van der Waals surface area contributed by atoms with Gasteiger partial charge in [-0.25, -0.2) is 4.79 Å². The van der Waals surface area contributed by atoms with E-state index in [-0.39, 0.29) is 6.79 Å². The summed E-state index contributed by atoms with van der Waals surface area (Å²) in [6.45, 7) is 4.07. The molecule has 0 saturated carbocycles. The molecule has 28 heavy (non-hydrogen) atoms. The van der Waals surface area contributed by atoms with E-state index in [1.54, 1.807) is 24.3 Å². The third-order valence-electron chi connectivity index (χ3n) is 4.89. The van der Waals surface area contributed by atoms with Crippen molar-refractivity contribution in [3.8, 4) is 34.1 Å². The molecule has 0 unspecified atom stereocenters. The molecule has 1 aromatic heterocycles. The zero-order valence-electron chi connectivity index (χ0n) is 15.7. The largest absolute Gasteiger partial charge is 0.492 e. The molecule has 142 valence electrons. The minimum atomic E-state index is -0.463. The van der Waals surface area contributed by atoms with Gasteiger partial charge in [-0.1, -0.05) is 6.08 Å². The first kappa shape index (κ1) is 16.7. The Kier molecular flexibility index (Phi) is 3.46. The number of ether oxygens (including phenoxy) is 4. The van der Waals surface area contributed by atoms with Crippen LogP contribution in [-0.4, -0.2) is 19.5 Å². The van der Waals surface area contributed by atoms with E-state index >= 15 is 0 Å². The van der Waals surface area contributed by atoms with Crippen molar-refractivity contribution in [2.24, 2.45) is 0 Å². The third kappa shape index (κ3) is 2.52. The van der Waals surface area contributed by atoms with Crippen LogP contribution in [0.4, 0.5) is 0 Å². The van der Waals surface area contributed by atoms with Gasteiger partial charge < -0.3 is 23.4 Å². The number of rotatable bonds is 2. The molecular weight excluding hydrogens is 360 g/mol. The van der Waals surface area contributed by atoms with Gasteiger partial charge in [0.15, 0.2) is 11.5 Å². The Morgan fingerprint density at radius 3 is 2.71 bits per heavy atom. The molecule has 5 rings (SSSR count). The summed E-state index contributed by atoms with van der Waals surface area (Å²) in [5.74, 6) is 2.22. The fourth-order valence-electron chi connectivity index (χ4n) is 3.54. The highest BCUT2D eigenvalue weighted by molar-refractivity contribution is 5.88. The molecule has 0 N–H and O–H groups in total. The highest BCUT2D eigenvalue weighted by atomic mass is 16.7. The SMILES string of the molecule is COc1c(-c2cc3cc4c(cc3oc2=O)OC(C)(C)C=C4)ccc2c1OCO2. The van der Waals surface area contributed by atoms with Crippen LogP contribution in [0.2, 0.25) is 0 Å². The van der Waals surface area contributed by atoms with Crippen molar-refractivity contribution < 1.29 is 23.4 Å². The zero-order valence-corrected chi connectivity index (χ0v) is 15.7. The summed E-state index contributed by atoms with van der Waals surface area (Å²) in [5.41, 5.74) is 1.52. The first-order chi connectivity index (χ1) is 13.4. The molecule has 0 bridgehead atoms. The Morgan fingerprint density at radius 2 is 1.89 bits per heavy atom. The molecule has 2 aromatic carbocycles. The quantitative estimate of drug-likeness (QED) is 0.617. The molecule has 0 aliphatic carbocycles. The van der Waals surface area contributed by atoms with Crippen LogP contribution < -0.4 is 24.6 Å². The average molecular weight is 378 g/mol. The van der Waals surface area contributed by atoms with Gasteiger partial charge in [0, 0.05) is 22.6 Å². The summed E-state index contributed by atoms with van der Waals surface area (Å²) in [6, 6.07) is 9.04. The van der Waals surface area contributed by atoms with Gasteiger partial charge in [-0.2, -0.15) is 0 Å². The van der Waals surface area contributed by atoms with Crippen molar-refractivity contribution in [2.45, 2.75) is 19.4 Å². The summed E-state index contributed by atoms with van der Waals surface area (Å²) in [7, 11) is 1.53. The van der Waals surface area contributed by atoms with Gasteiger partial charge >= 0.3 is 5.63 Å². The molecule has 2 aliphatic rings. The van der Waals surface area contributed by atoms with Crippen LogP contribution >= 0.6 is 0 Å². The van der Waals surface area contributed by atoms with Gasteiger partial charge in [0.2, 0.25) is 12.5 Å². The summed E-state index contributed by atoms with van der Waals surface area (Å²) < 4.78 is 28.0. The highest BCUT2D eigenvalue weighted by Gasteiger charge is 2.25. The van der Waals surface area contributed by atoms with Crippen molar-refractivity contribution in [3.05, 3.63) is 52.4 Å². The highest BCUT2D eigenvalue weighted by Crippen LogP contribution is 2.46. The van der Waals surface area contributed by atoms with E-state index < -0.39 is 11.2 Å². The number of benzene rings is 2. The minimum absolute atomic E-state index is 0.121. The van der Waals surface area contributed by atoms with Crippen molar-refractivity contribution in [3.63, 3.8) is 0 Å². The third-order valence-corrected chi connectivity index (χ3v) is 4.89. The number of fused-ring (bicyclic) bond motifs is 3. The van der Waals surface area contributed by atoms with Crippen molar-refractivity contribution in [1.82, 2.24) is 0 Å². The predicted octanol–water partition coefficient (Wildman–Crippen LogP) is 4.38. The minimum Gasteiger partial charge on any atom is -0.492 e. The van der Waals surface area contributed by atoms with Crippen LogP contribution in [0, 0.1) is 0 Å². The maximum atomic E-state index is 12.7. The van der Waals surface area contributed by atoms with E-state index in [0.717, 1.165) is 10.9 Å². The van der Waals surface area contributed by atoms with E-state index in [0.29, 0.717) is 39.7 Å². The maximum Gasteiger partial charge on any atom is 0.344 e. The Hall–Kier alpha value is -3.41. The molecule has 0 saturated heterocycles. The molecular formula is C22H18O6. The van der Waals surface area contributed by atoms with E-state index in [1.807, 2.05) is 32.1 Å². The second-order valence-electron chi connectivity index (χ2n) is 7.29. The lowest BCUT2D eigenvalue weighted by Gasteiger charge is -2.27. The van der Waals surface area contributed by atoms with Gasteiger partial charge in [0.1, 0.15) is 16.9 Å². The van der Waals surface area contributed by atoms with Gasteiger partial charge in [0.05, 0.1) is 12.7 Å². The molecule has 0 amide bonds. The fourth-order valence-corrected chi connectivity index (χ4v) is 3.54. The molecule has 3 heterocycles. The topological polar surface area (TPSA) is 67.1 Å². The fraction of sp³-hybridized carbons (Fsp3) is 0.227. The second-order valence-corrected chi connectivity index (χ2v) is 7.29. The van der Waals surface area contributed by atoms with Crippen LogP contribution in [0.5, 0.6) is 23.0 Å². The molecule has 6 nitrogen and oxygen atoms in total. The van der Waals surface area contributed by atoms with E-state index in [4.69, 9.17) is 23.4 Å². The Balaban J connectivity index is 1.70. The maximum absolute atomic E-state index is 12.7. The molecule has 6 heteroatoms. The van der Waals surface area contributed by atoms with Crippen LogP contribution in [0.15, 0.2) is 45.6 Å². The lowest BCUT2D eigenvalue weighted by atomic mass is 9.99. The molecule has 0 fully saturated rings. The molecule has 0 atom stereocenters. The van der Waals surface area contributed by atoms with Crippen molar-refractivity contribution >= 4 is 17.0 Å². The van der Waals surface area contributed by atoms with Gasteiger partial charge in [-0.3, -0.25) is 0 Å². The Bertz CT molecular complexity index is 1200. The summed E-state index contributed by atoms with van der Waals surface area (Å²) in [5, 5.41) is 0.793. The van der Waals surface area contributed by atoms with Crippen LogP contribution in [0.25, 0.3) is 28.2 Å². The zero-order chi connectivity index (χ0) is 19.5. The van der Waals surface area contributed by atoms with Crippen LogP contribution in [-0.2, 0) is 0 Å². The number of hydrogen-bond donors (Lipinski definition) is 0. The normalized spacial score (nSPS) is 16.0. The first-order valence-electron chi connectivity index (χ1n) is 8.92. The van der Waals surface area contributed by atoms with E-state index in [1.165, 1.54) is 7.11 Å². The van der Waals surface area contributed by atoms with E-state index in [9.17, 15) is 4.79 Å². The smallest absolute Gasteiger partial charge is 0.344 e. The monoisotopic (exact) mass is 378 g/mol.